The highest BCUT2D eigenvalue weighted by Gasteiger charge is 2.24. The molecule has 1 aliphatic heterocycles. The number of rotatable bonds is 7. The van der Waals surface area contributed by atoms with Crippen molar-refractivity contribution in [3.8, 4) is 5.75 Å². The van der Waals surface area contributed by atoms with Crippen LogP contribution in [0.1, 0.15) is 16.1 Å². The van der Waals surface area contributed by atoms with Gasteiger partial charge >= 0.3 is 6.61 Å². The van der Waals surface area contributed by atoms with E-state index in [0.717, 1.165) is 16.5 Å². The van der Waals surface area contributed by atoms with Gasteiger partial charge in [-0.3, -0.25) is 14.5 Å². The average molecular weight is 442 g/mol. The minimum atomic E-state index is -2.86. The van der Waals surface area contributed by atoms with Gasteiger partial charge in [-0.15, -0.1) is 0 Å². The molecule has 0 radical (unpaired) electrons. The molecule has 1 aliphatic rings. The van der Waals surface area contributed by atoms with Crippen molar-refractivity contribution >= 4 is 22.7 Å². The van der Waals surface area contributed by atoms with Crippen LogP contribution < -0.4 is 10.1 Å². The van der Waals surface area contributed by atoms with Crippen LogP contribution in [-0.2, 0) is 11.3 Å². The molecule has 0 atom stereocenters. The van der Waals surface area contributed by atoms with Crippen molar-refractivity contribution in [2.24, 2.45) is 0 Å². The van der Waals surface area contributed by atoms with Crippen LogP contribution in [0.15, 0.2) is 54.6 Å². The van der Waals surface area contributed by atoms with Gasteiger partial charge in [0.05, 0.1) is 6.54 Å². The second kappa shape index (κ2) is 9.78. The number of ether oxygens (including phenoxy) is 1. The van der Waals surface area contributed by atoms with Gasteiger partial charge in [-0.1, -0.05) is 30.3 Å². The minimum Gasteiger partial charge on any atom is -0.435 e. The van der Waals surface area contributed by atoms with Gasteiger partial charge in [0.25, 0.3) is 5.91 Å². The second-order valence-electron chi connectivity index (χ2n) is 7.64. The number of hydrogen-bond donors (Lipinski definition) is 2. The Hall–Kier alpha value is -3.46. The number of benzene rings is 2. The maximum atomic E-state index is 12.8. The average Bonchev–Trinajstić information content (AvgIpc) is 3.23. The van der Waals surface area contributed by atoms with E-state index in [9.17, 15) is 18.4 Å². The monoisotopic (exact) mass is 442 g/mol. The van der Waals surface area contributed by atoms with Crippen LogP contribution in [0.5, 0.6) is 5.75 Å². The van der Waals surface area contributed by atoms with Gasteiger partial charge in [0.1, 0.15) is 11.4 Å². The molecular formula is C23H24F2N4O3. The summed E-state index contributed by atoms with van der Waals surface area (Å²) in [5, 5.41) is 3.83. The summed E-state index contributed by atoms with van der Waals surface area (Å²) in [5.74, 6) is -0.0900. The number of aromatic nitrogens is 1. The van der Waals surface area contributed by atoms with Gasteiger partial charge in [-0.05, 0) is 29.8 Å². The Kier molecular flexibility index (Phi) is 6.65. The number of fused-ring (bicyclic) bond motifs is 1. The molecule has 1 saturated heterocycles. The molecule has 9 heteroatoms. The molecule has 32 heavy (non-hydrogen) atoms. The number of aromatic amines is 1. The van der Waals surface area contributed by atoms with E-state index in [1.165, 1.54) is 12.1 Å². The normalized spacial score (nSPS) is 14.7. The van der Waals surface area contributed by atoms with Crippen LogP contribution >= 0.6 is 0 Å². The number of carbonyl (C=O) groups excluding carboxylic acids is 2. The fraction of sp³-hybridized carbons (Fsp3) is 0.304. The first kappa shape index (κ1) is 21.8. The number of para-hydroxylation sites is 1. The molecule has 2 aromatic carbocycles. The molecule has 0 spiro atoms. The highest BCUT2D eigenvalue weighted by atomic mass is 19.3. The van der Waals surface area contributed by atoms with Gasteiger partial charge < -0.3 is 19.9 Å². The Balaban J connectivity index is 1.21. The zero-order valence-electron chi connectivity index (χ0n) is 17.4. The van der Waals surface area contributed by atoms with Crippen LogP contribution in [-0.4, -0.2) is 65.9 Å². The van der Waals surface area contributed by atoms with Crippen molar-refractivity contribution in [3.63, 3.8) is 0 Å². The number of piperazine rings is 1. The summed E-state index contributed by atoms with van der Waals surface area (Å²) in [6.07, 6.45) is 0. The van der Waals surface area contributed by atoms with E-state index in [1.54, 1.807) is 17.0 Å². The Morgan fingerprint density at radius 3 is 2.44 bits per heavy atom. The fourth-order valence-electron chi connectivity index (χ4n) is 3.72. The lowest BCUT2D eigenvalue weighted by Gasteiger charge is -2.34. The molecule has 4 rings (SSSR count). The summed E-state index contributed by atoms with van der Waals surface area (Å²) in [6.45, 7) is -0.00920. The third-order valence-corrected chi connectivity index (χ3v) is 5.43. The molecule has 2 N–H and O–H groups in total. The van der Waals surface area contributed by atoms with E-state index in [2.05, 4.69) is 15.0 Å². The number of hydrogen-bond acceptors (Lipinski definition) is 4. The summed E-state index contributed by atoms with van der Waals surface area (Å²) in [6, 6.07) is 15.8. The Bertz CT molecular complexity index is 1040. The first-order valence-electron chi connectivity index (χ1n) is 10.4. The summed E-state index contributed by atoms with van der Waals surface area (Å²) in [7, 11) is 0. The first-order valence-corrected chi connectivity index (χ1v) is 10.4. The summed E-state index contributed by atoms with van der Waals surface area (Å²) in [4.78, 5) is 32.0. The number of carbonyl (C=O) groups is 2. The van der Waals surface area contributed by atoms with E-state index in [0.29, 0.717) is 38.4 Å². The van der Waals surface area contributed by atoms with E-state index in [-0.39, 0.29) is 24.1 Å². The van der Waals surface area contributed by atoms with E-state index < -0.39 is 6.61 Å². The van der Waals surface area contributed by atoms with Gasteiger partial charge in [0.2, 0.25) is 5.91 Å². The molecule has 0 unspecified atom stereocenters. The molecule has 0 aliphatic carbocycles. The molecule has 2 amide bonds. The number of nitrogens with one attached hydrogen (secondary N) is 2. The van der Waals surface area contributed by atoms with Gasteiger partial charge in [-0.25, -0.2) is 0 Å². The summed E-state index contributed by atoms with van der Waals surface area (Å²) < 4.78 is 28.7. The molecule has 0 saturated carbocycles. The number of nitrogens with zero attached hydrogens (tertiary/aromatic N) is 2. The number of H-pyrrole nitrogens is 1. The second-order valence-corrected chi connectivity index (χ2v) is 7.64. The Labute approximate surface area is 183 Å². The van der Waals surface area contributed by atoms with Gasteiger partial charge in [0.15, 0.2) is 0 Å². The van der Waals surface area contributed by atoms with Crippen molar-refractivity contribution < 1.29 is 23.1 Å². The quantitative estimate of drug-likeness (QED) is 0.590. The molecule has 1 fully saturated rings. The molecule has 168 valence electrons. The lowest BCUT2D eigenvalue weighted by molar-refractivity contribution is -0.122. The third-order valence-electron chi connectivity index (χ3n) is 5.43. The van der Waals surface area contributed by atoms with Crippen LogP contribution in [0.3, 0.4) is 0 Å². The van der Waals surface area contributed by atoms with Crippen molar-refractivity contribution in [2.75, 3.05) is 32.7 Å². The maximum Gasteiger partial charge on any atom is 0.387 e. The Morgan fingerprint density at radius 1 is 1.03 bits per heavy atom. The van der Waals surface area contributed by atoms with Crippen LogP contribution in [0.2, 0.25) is 0 Å². The molecule has 2 heterocycles. The number of halogens is 2. The molecule has 0 bridgehead atoms. The highest BCUT2D eigenvalue weighted by molar-refractivity contribution is 5.98. The lowest BCUT2D eigenvalue weighted by Crippen LogP contribution is -2.51. The number of alkyl halides is 2. The summed E-state index contributed by atoms with van der Waals surface area (Å²) in [5.41, 5.74) is 2.29. The van der Waals surface area contributed by atoms with Crippen molar-refractivity contribution in [1.82, 2.24) is 20.1 Å². The SMILES string of the molecule is O=C(CN1CCN(C(=O)c2cc3ccccc3[nH]2)CC1)NCc1ccc(OC(F)F)cc1. The predicted octanol–water partition coefficient (Wildman–Crippen LogP) is 2.84. The number of amides is 2. The largest absolute Gasteiger partial charge is 0.435 e. The molecular weight excluding hydrogens is 418 g/mol. The van der Waals surface area contributed by atoms with Gasteiger partial charge in [0, 0.05) is 43.6 Å². The summed E-state index contributed by atoms with van der Waals surface area (Å²) >= 11 is 0. The fourth-order valence-corrected chi connectivity index (χ4v) is 3.72. The first-order chi connectivity index (χ1) is 15.5. The van der Waals surface area contributed by atoms with Crippen molar-refractivity contribution in [2.45, 2.75) is 13.2 Å². The topological polar surface area (TPSA) is 77.7 Å². The van der Waals surface area contributed by atoms with E-state index in [4.69, 9.17) is 0 Å². The smallest absolute Gasteiger partial charge is 0.387 e. The van der Waals surface area contributed by atoms with Crippen LogP contribution in [0.25, 0.3) is 10.9 Å². The zero-order valence-corrected chi connectivity index (χ0v) is 17.4. The van der Waals surface area contributed by atoms with Crippen LogP contribution in [0, 0.1) is 0 Å². The highest BCUT2D eigenvalue weighted by Crippen LogP contribution is 2.17. The molecule has 7 nitrogen and oxygen atoms in total. The standard InChI is InChI=1S/C23H24F2N4O3/c24-23(25)32-18-7-5-16(6-8-18)14-26-21(30)15-28-9-11-29(12-10-28)22(31)20-13-17-3-1-2-4-19(17)27-20/h1-8,13,23,27H,9-12,14-15H2,(H,26,30). The third kappa shape index (κ3) is 5.42. The zero-order chi connectivity index (χ0) is 22.5. The minimum absolute atomic E-state index is 0.0374. The molecule has 3 aromatic rings. The van der Waals surface area contributed by atoms with Crippen LogP contribution in [0.4, 0.5) is 8.78 Å². The molecule has 1 aromatic heterocycles. The van der Waals surface area contributed by atoms with Crippen molar-refractivity contribution in [3.05, 3.63) is 65.9 Å². The maximum absolute atomic E-state index is 12.8. The lowest BCUT2D eigenvalue weighted by atomic mass is 10.2. The van der Waals surface area contributed by atoms with Gasteiger partial charge in [-0.2, -0.15) is 8.78 Å². The van der Waals surface area contributed by atoms with E-state index >= 15 is 0 Å². The predicted molar refractivity (Wildman–Crippen MR) is 116 cm³/mol. The Morgan fingerprint density at radius 2 is 1.75 bits per heavy atom. The van der Waals surface area contributed by atoms with E-state index in [1.807, 2.05) is 35.2 Å². The van der Waals surface area contributed by atoms with Crippen molar-refractivity contribution in [1.29, 1.82) is 0 Å².